The molecule has 28 heavy (non-hydrogen) atoms. The molecule has 0 radical (unpaired) electrons. The number of hydrogen-bond acceptors (Lipinski definition) is 4. The van der Waals surface area contributed by atoms with E-state index in [9.17, 15) is 15.0 Å². The largest absolute Gasteiger partial charge is 0.507 e. The molecule has 0 aliphatic heterocycles. The molecule has 5 heteroatoms. The quantitative estimate of drug-likeness (QED) is 0.563. The molecule has 0 heterocycles. The van der Waals surface area contributed by atoms with Crippen molar-refractivity contribution >= 4 is 5.91 Å². The monoisotopic (exact) mass is 377 g/mol. The Balaban J connectivity index is 1.66. The number of carbonyl (C=O) groups excluding carboxylic acids is 1. The van der Waals surface area contributed by atoms with Crippen LogP contribution in [0, 0.1) is 0 Å². The van der Waals surface area contributed by atoms with Crippen LogP contribution >= 0.6 is 0 Å². The minimum atomic E-state index is -0.461. The van der Waals surface area contributed by atoms with Gasteiger partial charge in [0, 0.05) is 0 Å². The summed E-state index contributed by atoms with van der Waals surface area (Å²) in [7, 11) is 0. The maximum atomic E-state index is 12.6. The summed E-state index contributed by atoms with van der Waals surface area (Å²) in [4.78, 5) is 12.6. The number of hydrogen-bond donors (Lipinski definition) is 3. The lowest BCUT2D eigenvalue weighted by Crippen LogP contribution is -2.39. The number of phenolic OH excluding ortho intramolecular Hbond substituents is 1. The fourth-order valence-corrected chi connectivity index (χ4v) is 2.85. The van der Waals surface area contributed by atoms with Gasteiger partial charge in [-0.15, -0.1) is 0 Å². The van der Waals surface area contributed by atoms with Gasteiger partial charge in [0.15, 0.2) is 0 Å². The normalized spacial score (nSPS) is 11.6. The smallest absolute Gasteiger partial charge is 0.255 e. The molecule has 0 bridgehead atoms. The zero-order valence-corrected chi connectivity index (χ0v) is 15.4. The zero-order chi connectivity index (χ0) is 19.8. The first-order chi connectivity index (χ1) is 13.7. The molecule has 0 saturated carbocycles. The average molecular weight is 377 g/mol. The second-order valence-corrected chi connectivity index (χ2v) is 6.50. The average Bonchev–Trinajstić information content (AvgIpc) is 2.74. The van der Waals surface area contributed by atoms with Crippen LogP contribution in [-0.4, -0.2) is 28.8 Å². The van der Waals surface area contributed by atoms with E-state index in [0.29, 0.717) is 18.8 Å². The first-order valence-corrected chi connectivity index (χ1v) is 9.11. The van der Waals surface area contributed by atoms with E-state index >= 15 is 0 Å². The van der Waals surface area contributed by atoms with Crippen molar-refractivity contribution in [1.82, 2.24) is 5.32 Å². The van der Waals surface area contributed by atoms with Gasteiger partial charge in [0.2, 0.25) is 0 Å². The van der Waals surface area contributed by atoms with Crippen LogP contribution in [0.15, 0.2) is 78.9 Å². The molecule has 1 atom stereocenters. The zero-order valence-electron chi connectivity index (χ0n) is 15.4. The van der Waals surface area contributed by atoms with Gasteiger partial charge in [0.1, 0.15) is 18.1 Å². The fraction of sp³-hybridized carbons (Fsp3) is 0.174. The van der Waals surface area contributed by atoms with Gasteiger partial charge >= 0.3 is 0 Å². The van der Waals surface area contributed by atoms with E-state index in [2.05, 4.69) is 5.32 Å². The fourth-order valence-electron chi connectivity index (χ4n) is 2.85. The lowest BCUT2D eigenvalue weighted by atomic mass is 10.1. The summed E-state index contributed by atoms with van der Waals surface area (Å²) in [6.07, 6.45) is 0.494. The highest BCUT2D eigenvalue weighted by Gasteiger charge is 2.17. The number of ether oxygens (including phenoxy) is 1. The van der Waals surface area contributed by atoms with E-state index < -0.39 is 11.9 Å². The molecule has 0 spiro atoms. The Morgan fingerprint density at radius 1 is 0.929 bits per heavy atom. The van der Waals surface area contributed by atoms with Crippen LogP contribution in [0.1, 0.15) is 21.5 Å². The van der Waals surface area contributed by atoms with Gasteiger partial charge in [-0.25, -0.2) is 0 Å². The summed E-state index contributed by atoms with van der Waals surface area (Å²) in [6.45, 7) is 0.158. The van der Waals surface area contributed by atoms with Crippen molar-refractivity contribution in [3.63, 3.8) is 0 Å². The molecule has 0 fully saturated rings. The van der Waals surface area contributed by atoms with Crippen molar-refractivity contribution in [2.24, 2.45) is 0 Å². The molecule has 1 amide bonds. The van der Waals surface area contributed by atoms with Crippen molar-refractivity contribution < 1.29 is 19.7 Å². The van der Waals surface area contributed by atoms with Gasteiger partial charge in [-0.1, -0.05) is 60.7 Å². The third-order valence-corrected chi connectivity index (χ3v) is 4.34. The molecule has 3 aromatic rings. The second kappa shape index (κ2) is 9.58. The highest BCUT2D eigenvalue weighted by Crippen LogP contribution is 2.24. The minimum absolute atomic E-state index is 0.108. The molecule has 5 nitrogen and oxygen atoms in total. The van der Waals surface area contributed by atoms with Crippen LogP contribution in [0.2, 0.25) is 0 Å². The standard InChI is InChI=1S/C23H23NO4/c25-15-19(13-17-7-3-1-4-8-17)24-23(27)21-14-20(11-12-22(21)26)28-16-18-9-5-2-6-10-18/h1-12,14,19,25-26H,13,15-16H2,(H,24,27). The van der Waals surface area contributed by atoms with Crippen molar-refractivity contribution in [3.05, 3.63) is 95.6 Å². The number of phenols is 1. The molecule has 144 valence electrons. The van der Waals surface area contributed by atoms with Crippen molar-refractivity contribution in [1.29, 1.82) is 0 Å². The Hall–Kier alpha value is -3.31. The highest BCUT2D eigenvalue weighted by molar-refractivity contribution is 5.97. The predicted octanol–water partition coefficient (Wildman–Crippen LogP) is 3.30. The number of nitrogens with one attached hydrogen (secondary N) is 1. The van der Waals surface area contributed by atoms with Gasteiger partial charge in [-0.3, -0.25) is 4.79 Å². The Labute approximate surface area is 164 Å². The third kappa shape index (κ3) is 5.34. The summed E-state index contributed by atoms with van der Waals surface area (Å²) < 4.78 is 5.72. The Morgan fingerprint density at radius 3 is 2.21 bits per heavy atom. The van der Waals surface area contributed by atoms with Gasteiger partial charge in [-0.05, 0) is 35.7 Å². The number of aliphatic hydroxyl groups is 1. The van der Waals surface area contributed by atoms with Crippen LogP contribution in [-0.2, 0) is 13.0 Å². The number of amides is 1. The third-order valence-electron chi connectivity index (χ3n) is 4.34. The summed E-state index contributed by atoms with van der Waals surface area (Å²) >= 11 is 0. The maximum absolute atomic E-state index is 12.6. The van der Waals surface area contributed by atoms with Gasteiger partial charge in [0.05, 0.1) is 18.2 Å². The van der Waals surface area contributed by atoms with Crippen LogP contribution < -0.4 is 10.1 Å². The molecule has 3 N–H and O–H groups in total. The van der Waals surface area contributed by atoms with Crippen LogP contribution in [0.25, 0.3) is 0 Å². The van der Waals surface area contributed by atoms with Gasteiger partial charge in [-0.2, -0.15) is 0 Å². The SMILES string of the molecule is O=C(NC(CO)Cc1ccccc1)c1cc(OCc2ccccc2)ccc1O. The van der Waals surface area contributed by atoms with Crippen LogP contribution in [0.5, 0.6) is 11.5 Å². The van der Waals surface area contributed by atoms with Crippen LogP contribution in [0.3, 0.4) is 0 Å². The Bertz CT molecular complexity index is 897. The van der Waals surface area contributed by atoms with E-state index in [0.717, 1.165) is 11.1 Å². The van der Waals surface area contributed by atoms with Crippen LogP contribution in [0.4, 0.5) is 0 Å². The lowest BCUT2D eigenvalue weighted by molar-refractivity contribution is 0.0913. The topological polar surface area (TPSA) is 78.8 Å². The van der Waals surface area contributed by atoms with Gasteiger partial charge < -0.3 is 20.3 Å². The summed E-state index contributed by atoms with van der Waals surface area (Å²) in [5.74, 6) is -0.117. The summed E-state index contributed by atoms with van der Waals surface area (Å²) in [5.41, 5.74) is 2.12. The number of aliphatic hydroxyl groups excluding tert-OH is 1. The van der Waals surface area contributed by atoms with E-state index in [-0.39, 0.29) is 17.9 Å². The molecule has 3 aromatic carbocycles. The van der Waals surface area contributed by atoms with Crippen molar-refractivity contribution in [2.75, 3.05) is 6.61 Å². The Morgan fingerprint density at radius 2 is 1.57 bits per heavy atom. The molecule has 0 aliphatic carbocycles. The molecular weight excluding hydrogens is 354 g/mol. The van der Waals surface area contributed by atoms with E-state index in [4.69, 9.17) is 4.74 Å². The first-order valence-electron chi connectivity index (χ1n) is 9.11. The van der Waals surface area contributed by atoms with E-state index in [1.54, 1.807) is 6.07 Å². The summed E-state index contributed by atoms with van der Waals surface area (Å²) in [6, 6.07) is 23.4. The molecule has 0 saturated heterocycles. The first kappa shape index (κ1) is 19.5. The molecule has 0 aromatic heterocycles. The minimum Gasteiger partial charge on any atom is -0.507 e. The summed E-state index contributed by atoms with van der Waals surface area (Å²) in [5, 5.41) is 22.5. The van der Waals surface area contributed by atoms with Crippen molar-refractivity contribution in [2.45, 2.75) is 19.1 Å². The van der Waals surface area contributed by atoms with E-state index in [1.165, 1.54) is 12.1 Å². The Kier molecular flexibility index (Phi) is 6.65. The maximum Gasteiger partial charge on any atom is 0.255 e. The number of benzene rings is 3. The second-order valence-electron chi connectivity index (χ2n) is 6.50. The highest BCUT2D eigenvalue weighted by atomic mass is 16.5. The predicted molar refractivity (Wildman–Crippen MR) is 107 cm³/mol. The molecule has 1 unspecified atom stereocenters. The molecule has 0 aliphatic rings. The molecule has 3 rings (SSSR count). The lowest BCUT2D eigenvalue weighted by Gasteiger charge is -2.17. The van der Waals surface area contributed by atoms with Gasteiger partial charge in [0.25, 0.3) is 5.91 Å². The number of rotatable bonds is 8. The number of carbonyl (C=O) groups is 1. The molecular formula is C23H23NO4. The van der Waals surface area contributed by atoms with E-state index in [1.807, 2.05) is 60.7 Å². The van der Waals surface area contributed by atoms with Crippen molar-refractivity contribution in [3.8, 4) is 11.5 Å². The number of aromatic hydroxyl groups is 1.